The lowest BCUT2D eigenvalue weighted by Crippen LogP contribution is -2.00. The van der Waals surface area contributed by atoms with Crippen LogP contribution in [0, 0.1) is 0 Å². The Labute approximate surface area is 67.5 Å². The molecule has 0 rings (SSSR count). The molecule has 4 heteroatoms. The van der Waals surface area contributed by atoms with Crippen molar-refractivity contribution in [3.8, 4) is 0 Å². The lowest BCUT2D eigenvalue weighted by molar-refractivity contribution is 0.364. The van der Waals surface area contributed by atoms with Crippen LogP contribution >= 0.6 is 0 Å². The molecule has 11 heavy (non-hydrogen) atoms. The van der Waals surface area contributed by atoms with Crippen molar-refractivity contribution in [3.05, 3.63) is 24.1 Å². The summed E-state index contributed by atoms with van der Waals surface area (Å²) >= 11 is 0. The molecule has 0 radical (unpaired) electrons. The third-order valence-corrected chi connectivity index (χ3v) is 1.81. The Morgan fingerprint density at radius 3 is 2.55 bits per heavy atom. The van der Waals surface area contributed by atoms with E-state index in [0.717, 1.165) is 11.8 Å². The first kappa shape index (κ1) is 10.4. The van der Waals surface area contributed by atoms with Gasteiger partial charge in [0.1, 0.15) is 0 Å². The fraction of sp³-hybridized carbons (Fsp3) is 0.429. The van der Waals surface area contributed by atoms with Gasteiger partial charge in [0.25, 0.3) is 10.1 Å². The minimum absolute atomic E-state index is 0.0855. The Kier molecular flexibility index (Phi) is 4.81. The van der Waals surface area contributed by atoms with Crippen LogP contribution in [0.2, 0.25) is 0 Å². The van der Waals surface area contributed by atoms with Crippen LogP contribution in [0.15, 0.2) is 24.1 Å². The Hall–Kier alpha value is -0.610. The normalized spacial score (nSPS) is 12.1. The van der Waals surface area contributed by atoms with Crippen molar-refractivity contribution >= 4 is 10.1 Å². The first-order valence-electron chi connectivity index (χ1n) is 3.29. The summed E-state index contributed by atoms with van der Waals surface area (Å²) in [5.74, 6) is 0. The Morgan fingerprint density at radius 2 is 2.09 bits per heavy atom. The Morgan fingerprint density at radius 1 is 1.45 bits per heavy atom. The smallest absolute Gasteiger partial charge is 0.263 e. The summed E-state index contributed by atoms with van der Waals surface area (Å²) < 4.78 is 25.6. The van der Waals surface area contributed by atoms with E-state index in [1.807, 2.05) is 13.0 Å². The molecule has 0 aromatic rings. The highest BCUT2D eigenvalue weighted by atomic mass is 32.2. The maximum Gasteiger partial charge on any atom is 0.289 e. The molecule has 0 amide bonds. The summed E-state index contributed by atoms with van der Waals surface area (Å²) in [6.45, 7) is 5.14. The second-order valence-electron chi connectivity index (χ2n) is 1.82. The number of rotatable bonds is 5. The minimum atomic E-state index is -3.49. The maximum atomic E-state index is 10.6. The van der Waals surface area contributed by atoms with Gasteiger partial charge in [-0.15, -0.1) is 0 Å². The molecule has 0 fully saturated rings. The maximum absolute atomic E-state index is 10.6. The third kappa shape index (κ3) is 5.82. The van der Waals surface area contributed by atoms with Crippen LogP contribution in [0.5, 0.6) is 0 Å². The van der Waals surface area contributed by atoms with Crippen LogP contribution in [-0.4, -0.2) is 15.0 Å². The van der Waals surface area contributed by atoms with Gasteiger partial charge in [0.2, 0.25) is 0 Å². The molecule has 0 aliphatic carbocycles. The molecule has 3 nitrogen and oxygen atoms in total. The standard InChI is InChI=1S/C7H12O3S/c1-3-5-6-7-10-11(8,9)4-2/h4-6H,2-3,7H2,1H3. The fourth-order valence-corrected chi connectivity index (χ4v) is 0.781. The van der Waals surface area contributed by atoms with E-state index in [1.54, 1.807) is 6.08 Å². The van der Waals surface area contributed by atoms with Gasteiger partial charge in [-0.3, -0.25) is 4.18 Å². The van der Waals surface area contributed by atoms with E-state index in [4.69, 9.17) is 0 Å². The second-order valence-corrected chi connectivity index (χ2v) is 3.38. The van der Waals surface area contributed by atoms with Crippen LogP contribution in [0.4, 0.5) is 0 Å². The molecule has 0 unspecified atom stereocenters. The fourth-order valence-electron chi connectivity index (χ4n) is 0.417. The van der Waals surface area contributed by atoms with E-state index in [9.17, 15) is 8.42 Å². The van der Waals surface area contributed by atoms with Gasteiger partial charge in [-0.2, -0.15) is 8.42 Å². The third-order valence-electron chi connectivity index (χ3n) is 0.935. The van der Waals surface area contributed by atoms with Gasteiger partial charge in [-0.1, -0.05) is 25.7 Å². The molecule has 0 spiro atoms. The van der Waals surface area contributed by atoms with Gasteiger partial charge >= 0.3 is 0 Å². The van der Waals surface area contributed by atoms with Crippen molar-refractivity contribution in [3.63, 3.8) is 0 Å². The predicted octanol–water partition coefficient (Wildman–Crippen LogP) is 1.44. The Balaban J connectivity index is 3.72. The molecule has 0 N–H and O–H groups in total. The highest BCUT2D eigenvalue weighted by Crippen LogP contribution is 1.93. The van der Waals surface area contributed by atoms with Crippen molar-refractivity contribution in [2.75, 3.05) is 6.61 Å². The highest BCUT2D eigenvalue weighted by molar-refractivity contribution is 7.89. The summed E-state index contributed by atoms with van der Waals surface area (Å²) in [5, 5.41) is 0.785. The van der Waals surface area contributed by atoms with Gasteiger partial charge < -0.3 is 0 Å². The summed E-state index contributed by atoms with van der Waals surface area (Å²) in [4.78, 5) is 0. The summed E-state index contributed by atoms with van der Waals surface area (Å²) in [6.07, 6.45) is 4.36. The number of hydrogen-bond acceptors (Lipinski definition) is 3. The molecule has 0 bridgehead atoms. The molecule has 0 aromatic heterocycles. The molecule has 64 valence electrons. The summed E-state index contributed by atoms with van der Waals surface area (Å²) in [7, 11) is -3.49. The molecule has 0 aromatic carbocycles. The average Bonchev–Trinajstić information content (AvgIpc) is 1.99. The lowest BCUT2D eigenvalue weighted by atomic mass is 10.4. The van der Waals surface area contributed by atoms with Crippen LogP contribution in [0.3, 0.4) is 0 Å². The van der Waals surface area contributed by atoms with Crippen LogP contribution in [0.25, 0.3) is 0 Å². The Bertz CT molecular complexity index is 226. The van der Waals surface area contributed by atoms with E-state index >= 15 is 0 Å². The topological polar surface area (TPSA) is 43.4 Å². The van der Waals surface area contributed by atoms with E-state index in [2.05, 4.69) is 10.8 Å². The van der Waals surface area contributed by atoms with E-state index in [1.165, 1.54) is 0 Å². The molecule has 0 atom stereocenters. The molecule has 0 aliphatic heterocycles. The quantitative estimate of drug-likeness (QED) is 0.470. The summed E-state index contributed by atoms with van der Waals surface area (Å²) in [6, 6.07) is 0. The van der Waals surface area contributed by atoms with Crippen molar-refractivity contribution in [2.45, 2.75) is 13.3 Å². The summed E-state index contributed by atoms with van der Waals surface area (Å²) in [5.41, 5.74) is 0. The van der Waals surface area contributed by atoms with Crippen LogP contribution in [-0.2, 0) is 14.3 Å². The average molecular weight is 176 g/mol. The second kappa shape index (κ2) is 5.09. The van der Waals surface area contributed by atoms with Gasteiger partial charge in [-0.05, 0) is 6.42 Å². The minimum Gasteiger partial charge on any atom is -0.263 e. The number of allylic oxidation sites excluding steroid dienone is 1. The van der Waals surface area contributed by atoms with E-state index < -0.39 is 10.1 Å². The van der Waals surface area contributed by atoms with Crippen LogP contribution < -0.4 is 0 Å². The van der Waals surface area contributed by atoms with E-state index in [0.29, 0.717) is 0 Å². The predicted molar refractivity (Wildman–Crippen MR) is 44.5 cm³/mol. The van der Waals surface area contributed by atoms with E-state index in [-0.39, 0.29) is 6.61 Å². The van der Waals surface area contributed by atoms with Crippen molar-refractivity contribution in [1.82, 2.24) is 0 Å². The molecule has 0 heterocycles. The van der Waals surface area contributed by atoms with Crippen molar-refractivity contribution in [1.29, 1.82) is 0 Å². The molecule has 0 aliphatic rings. The van der Waals surface area contributed by atoms with Gasteiger partial charge in [-0.25, -0.2) is 0 Å². The van der Waals surface area contributed by atoms with Crippen molar-refractivity contribution < 1.29 is 12.6 Å². The highest BCUT2D eigenvalue weighted by Gasteiger charge is 2.00. The molecular weight excluding hydrogens is 164 g/mol. The zero-order valence-corrected chi connectivity index (χ0v) is 7.30. The zero-order chi connectivity index (χ0) is 8.74. The lowest BCUT2D eigenvalue weighted by Gasteiger charge is -1.94. The largest absolute Gasteiger partial charge is 0.289 e. The van der Waals surface area contributed by atoms with Gasteiger partial charge in [0, 0.05) is 0 Å². The van der Waals surface area contributed by atoms with Gasteiger partial charge in [0.15, 0.2) is 0 Å². The first-order valence-corrected chi connectivity index (χ1v) is 4.76. The molecule has 0 saturated carbocycles. The SMILES string of the molecule is C=CS(=O)(=O)OCC=CCC. The zero-order valence-electron chi connectivity index (χ0n) is 6.49. The van der Waals surface area contributed by atoms with Crippen molar-refractivity contribution in [2.24, 2.45) is 0 Å². The van der Waals surface area contributed by atoms with Crippen LogP contribution in [0.1, 0.15) is 13.3 Å². The molecule has 0 saturated heterocycles. The first-order chi connectivity index (χ1) is 5.12. The monoisotopic (exact) mass is 176 g/mol. The van der Waals surface area contributed by atoms with Gasteiger partial charge in [0.05, 0.1) is 12.0 Å². The molecular formula is C7H12O3S. The number of hydrogen-bond donors (Lipinski definition) is 0.